The normalized spacial score (nSPS) is 16.3. The Morgan fingerprint density at radius 2 is 1.27 bits per heavy atom. The van der Waals surface area contributed by atoms with E-state index in [1.165, 1.54) is 16.7 Å². The van der Waals surface area contributed by atoms with Crippen LogP contribution in [0.4, 0.5) is 4.79 Å². The zero-order valence-electron chi connectivity index (χ0n) is 30.7. The molecule has 3 atom stereocenters. The molecule has 0 radical (unpaired) electrons. The summed E-state index contributed by atoms with van der Waals surface area (Å²) in [6.07, 6.45) is -1.77. The van der Waals surface area contributed by atoms with Crippen LogP contribution in [0.25, 0.3) is 0 Å². The molecule has 0 bridgehead atoms. The van der Waals surface area contributed by atoms with E-state index in [1.54, 1.807) is 27.7 Å². The molecule has 9 nitrogen and oxygen atoms in total. The highest BCUT2D eigenvalue weighted by molar-refractivity contribution is 8.00. The topological polar surface area (TPSA) is 111 Å². The zero-order valence-corrected chi connectivity index (χ0v) is 34.7. The maximum Gasteiger partial charge on any atom is 0.508 e. The Hall–Kier alpha value is -3.92. The van der Waals surface area contributed by atoms with E-state index < -0.39 is 58.4 Å². The Morgan fingerprint density at radius 1 is 0.800 bits per heavy atom. The summed E-state index contributed by atoms with van der Waals surface area (Å²) in [6, 6.07) is 37.0. The van der Waals surface area contributed by atoms with Gasteiger partial charge in [-0.15, -0.1) is 11.8 Å². The second-order valence-electron chi connectivity index (χ2n) is 13.7. The first-order valence-electron chi connectivity index (χ1n) is 17.4. The van der Waals surface area contributed by atoms with E-state index >= 15 is 4.79 Å². The van der Waals surface area contributed by atoms with Gasteiger partial charge in [0, 0.05) is 12.6 Å². The fourth-order valence-electron chi connectivity index (χ4n) is 6.10. The summed E-state index contributed by atoms with van der Waals surface area (Å²) in [6.45, 7) is 3.21. The molecular formula is C41H42Cl3N2O7PS. The molecule has 1 saturated heterocycles. The van der Waals surface area contributed by atoms with Crippen molar-refractivity contribution in [2.24, 2.45) is 0 Å². The SMILES string of the molecule is CC(CS[C@H]1[C@@H](NC(=O)Cc2ccccc2)C(=O)N1C(C(=O)OC(C)(C)C)=P(c1ccccc1)(c1ccccc1)c1ccccc1)OC(=O)OCC(Cl)(Cl)Cl. The lowest BCUT2D eigenvalue weighted by Gasteiger charge is -2.49. The van der Waals surface area contributed by atoms with Gasteiger partial charge in [-0.05, 0) is 49.2 Å². The summed E-state index contributed by atoms with van der Waals surface area (Å²) in [5.41, 5.74) is -0.0127. The molecule has 1 N–H and O–H groups in total. The second kappa shape index (κ2) is 18.4. The number of likely N-dealkylation sites (tertiary alicyclic amines) is 1. The van der Waals surface area contributed by atoms with Crippen LogP contribution in [0.5, 0.6) is 0 Å². The van der Waals surface area contributed by atoms with Gasteiger partial charge in [0.1, 0.15) is 35.1 Å². The van der Waals surface area contributed by atoms with Gasteiger partial charge in [-0.1, -0.05) is 156 Å². The number of carbonyl (C=O) groups excluding carboxylic acids is 4. The first kappa shape index (κ1) is 42.2. The first-order chi connectivity index (χ1) is 26.1. The van der Waals surface area contributed by atoms with Crippen LogP contribution in [0.1, 0.15) is 33.3 Å². The van der Waals surface area contributed by atoms with Gasteiger partial charge < -0.3 is 19.5 Å². The molecule has 0 aromatic heterocycles. The van der Waals surface area contributed by atoms with Gasteiger partial charge in [0.15, 0.2) is 0 Å². The zero-order chi connectivity index (χ0) is 39.8. The Bertz CT molecular complexity index is 1910. The third-order valence-corrected chi connectivity index (χ3v) is 14.3. The van der Waals surface area contributed by atoms with Crippen molar-refractivity contribution in [2.75, 3.05) is 12.4 Å². The Kier molecular flexibility index (Phi) is 14.1. The molecule has 290 valence electrons. The largest absolute Gasteiger partial charge is 0.508 e. The molecule has 4 aromatic rings. The van der Waals surface area contributed by atoms with Crippen molar-refractivity contribution in [2.45, 2.75) is 61.0 Å². The molecule has 1 heterocycles. The minimum absolute atomic E-state index is 0.0359. The van der Waals surface area contributed by atoms with Gasteiger partial charge >= 0.3 is 12.1 Å². The van der Waals surface area contributed by atoms with E-state index in [4.69, 9.17) is 49.0 Å². The molecule has 0 saturated carbocycles. The number of rotatable bonds is 13. The van der Waals surface area contributed by atoms with Crippen molar-refractivity contribution in [1.29, 1.82) is 0 Å². The molecule has 4 aromatic carbocycles. The minimum atomic E-state index is -3.23. The minimum Gasteiger partial charge on any atom is -0.455 e. The van der Waals surface area contributed by atoms with Crippen molar-refractivity contribution in [3.05, 3.63) is 127 Å². The summed E-state index contributed by atoms with van der Waals surface area (Å²) in [4.78, 5) is 57.2. The van der Waals surface area contributed by atoms with Crippen molar-refractivity contribution < 1.29 is 33.4 Å². The number of ether oxygens (including phenoxy) is 3. The molecule has 2 amide bonds. The molecule has 0 aliphatic carbocycles. The molecule has 1 aliphatic rings. The highest BCUT2D eigenvalue weighted by Gasteiger charge is 2.55. The van der Waals surface area contributed by atoms with Gasteiger partial charge in [-0.3, -0.25) is 14.5 Å². The Labute approximate surface area is 340 Å². The number of benzene rings is 4. The number of hydrogen-bond acceptors (Lipinski definition) is 8. The number of carbonyl (C=O) groups is 4. The predicted molar refractivity (Wildman–Crippen MR) is 223 cm³/mol. The van der Waals surface area contributed by atoms with Gasteiger partial charge in [-0.25, -0.2) is 9.59 Å². The molecule has 55 heavy (non-hydrogen) atoms. The number of amides is 2. The lowest BCUT2D eigenvalue weighted by Crippen LogP contribution is -2.72. The Balaban J connectivity index is 1.68. The molecular weight excluding hydrogens is 802 g/mol. The third kappa shape index (κ3) is 10.7. The van der Waals surface area contributed by atoms with Crippen molar-refractivity contribution >= 4 is 98.7 Å². The number of β-lactam (4-membered cyclic amide) rings is 1. The average molecular weight is 844 g/mol. The summed E-state index contributed by atoms with van der Waals surface area (Å²) in [5.74, 6) is -1.40. The number of esters is 1. The second-order valence-corrected chi connectivity index (χ2v) is 20.7. The van der Waals surface area contributed by atoms with E-state index in [1.807, 2.05) is 121 Å². The van der Waals surface area contributed by atoms with Crippen LogP contribution < -0.4 is 21.2 Å². The molecule has 1 aliphatic heterocycles. The summed E-state index contributed by atoms with van der Waals surface area (Å²) in [5, 5.41) is 4.55. The highest BCUT2D eigenvalue weighted by Crippen LogP contribution is 2.50. The van der Waals surface area contributed by atoms with Gasteiger partial charge in [0.2, 0.25) is 9.70 Å². The summed E-state index contributed by atoms with van der Waals surface area (Å²) in [7, 11) is 0. The third-order valence-electron chi connectivity index (χ3n) is 8.28. The van der Waals surface area contributed by atoms with Crippen molar-refractivity contribution in [3.63, 3.8) is 0 Å². The number of alkyl halides is 3. The van der Waals surface area contributed by atoms with E-state index in [0.717, 1.165) is 21.5 Å². The maximum absolute atomic E-state index is 15.0. The predicted octanol–water partition coefficient (Wildman–Crippen LogP) is 6.99. The van der Waals surface area contributed by atoms with Crippen LogP contribution in [0.3, 0.4) is 0 Å². The van der Waals surface area contributed by atoms with Crippen LogP contribution in [-0.4, -0.2) is 73.5 Å². The van der Waals surface area contributed by atoms with Crippen LogP contribution in [-0.2, 0) is 35.0 Å². The summed E-state index contributed by atoms with van der Waals surface area (Å²) < 4.78 is 14.8. The van der Waals surface area contributed by atoms with Crippen molar-refractivity contribution in [1.82, 2.24) is 10.2 Å². The fourth-order valence-corrected chi connectivity index (χ4v) is 12.0. The number of halogens is 3. The maximum atomic E-state index is 15.0. The fraction of sp³-hybridized carbons (Fsp3) is 0.293. The van der Waals surface area contributed by atoms with Gasteiger partial charge in [-0.2, -0.15) is 0 Å². The first-order valence-corrected chi connectivity index (χ1v) is 21.4. The van der Waals surface area contributed by atoms with Gasteiger partial charge in [0.05, 0.1) is 6.42 Å². The average Bonchev–Trinajstić information content (AvgIpc) is 3.14. The van der Waals surface area contributed by atoms with Crippen LogP contribution in [0, 0.1) is 0 Å². The van der Waals surface area contributed by atoms with E-state index in [2.05, 4.69) is 5.32 Å². The van der Waals surface area contributed by atoms with Crippen LogP contribution in [0.2, 0.25) is 0 Å². The lowest BCUT2D eigenvalue weighted by atomic mass is 10.1. The van der Waals surface area contributed by atoms with E-state index in [0.29, 0.717) is 0 Å². The number of nitrogens with one attached hydrogen (secondary N) is 1. The van der Waals surface area contributed by atoms with Gasteiger partial charge in [0.25, 0.3) is 5.91 Å². The molecule has 0 spiro atoms. The smallest absolute Gasteiger partial charge is 0.455 e. The Morgan fingerprint density at radius 3 is 1.73 bits per heavy atom. The van der Waals surface area contributed by atoms with Crippen LogP contribution >= 0.6 is 53.5 Å². The number of nitrogens with zero attached hydrogens (tertiary/aromatic N) is 1. The van der Waals surface area contributed by atoms with E-state index in [-0.39, 0.29) is 23.5 Å². The molecule has 1 fully saturated rings. The standard InChI is InChI=1S/C41H42Cl3N2O7PS/c1-28(52-39(50)51-27-41(42,43)44)26-55-37-34(45-33(47)25-29-17-9-5-10-18-29)35(48)46(37)36(38(49)53-40(2,3)4)54(30-19-11-6-12-20-30,31-21-13-7-14-22-31)32-23-15-8-16-24-32/h5-24,28,34,37H,25-27H2,1-4H3,(H,45,47)/t28?,34-,37-/m0/s1. The summed E-state index contributed by atoms with van der Waals surface area (Å²) >= 11 is 18.4. The molecule has 5 rings (SSSR count). The highest BCUT2D eigenvalue weighted by atomic mass is 35.6. The monoisotopic (exact) mass is 842 g/mol. The van der Waals surface area contributed by atoms with Crippen LogP contribution in [0.15, 0.2) is 121 Å². The van der Waals surface area contributed by atoms with E-state index in [9.17, 15) is 14.4 Å². The number of thioether (sulfide) groups is 1. The number of hydrogen-bond donors (Lipinski definition) is 1. The quantitative estimate of drug-likeness (QED) is 0.0664. The lowest BCUT2D eigenvalue weighted by molar-refractivity contribution is -0.151. The molecule has 1 unspecified atom stereocenters. The molecule has 14 heteroatoms. The van der Waals surface area contributed by atoms with Crippen molar-refractivity contribution in [3.8, 4) is 0 Å².